The third kappa shape index (κ3) is 4.52. The second kappa shape index (κ2) is 9.13. The monoisotopic (exact) mass is 480 g/mol. The summed E-state index contributed by atoms with van der Waals surface area (Å²) >= 11 is 1.49. The molecule has 1 unspecified atom stereocenters. The van der Waals surface area contributed by atoms with Gasteiger partial charge in [-0.2, -0.15) is 0 Å². The number of ether oxygens (including phenoxy) is 1. The van der Waals surface area contributed by atoms with Gasteiger partial charge in [-0.1, -0.05) is 24.3 Å². The van der Waals surface area contributed by atoms with Crippen LogP contribution in [-0.4, -0.2) is 68.7 Å². The van der Waals surface area contributed by atoms with E-state index in [0.29, 0.717) is 22.2 Å². The summed E-state index contributed by atoms with van der Waals surface area (Å²) in [5, 5.41) is 0.260. The zero-order valence-corrected chi connectivity index (χ0v) is 20.7. The maximum Gasteiger partial charge on any atom is 0.412 e. The van der Waals surface area contributed by atoms with Crippen molar-refractivity contribution in [3.63, 3.8) is 0 Å². The largest absolute Gasteiger partial charge is 0.444 e. The van der Waals surface area contributed by atoms with Crippen molar-refractivity contribution in [3.05, 3.63) is 66.1 Å². The summed E-state index contributed by atoms with van der Waals surface area (Å²) in [4.78, 5) is 47.1. The van der Waals surface area contributed by atoms with Crippen LogP contribution in [0.4, 0.5) is 9.59 Å². The summed E-state index contributed by atoms with van der Waals surface area (Å²) in [6, 6.07) is 9.97. The molecule has 4 rings (SSSR count). The van der Waals surface area contributed by atoms with E-state index in [-0.39, 0.29) is 11.8 Å². The number of aromatic nitrogens is 2. The van der Waals surface area contributed by atoms with Gasteiger partial charge in [0.15, 0.2) is 5.78 Å². The van der Waals surface area contributed by atoms with Crippen LogP contribution in [0.25, 0.3) is 10.9 Å². The molecule has 0 radical (unpaired) electrons. The number of hydrogen-bond acceptors (Lipinski definition) is 6. The van der Waals surface area contributed by atoms with Gasteiger partial charge in [-0.05, 0) is 32.9 Å². The maximum atomic E-state index is 13.9. The van der Waals surface area contributed by atoms with Crippen LogP contribution < -0.4 is 0 Å². The number of para-hydroxylation sites is 1. The number of rotatable bonds is 3. The first-order valence-corrected chi connectivity index (χ1v) is 12.0. The van der Waals surface area contributed by atoms with E-state index in [1.54, 1.807) is 65.6 Å². The molecule has 0 N–H and O–H groups in total. The predicted octanol–water partition coefficient (Wildman–Crippen LogP) is 4.80. The number of benzene rings is 1. The second-order valence-electron chi connectivity index (χ2n) is 9.35. The second-order valence-corrected chi connectivity index (χ2v) is 10.5. The third-order valence-corrected chi connectivity index (χ3v) is 6.77. The molecular weight excluding hydrogens is 452 g/mol. The van der Waals surface area contributed by atoms with Gasteiger partial charge in [0.25, 0.3) is 0 Å². The van der Waals surface area contributed by atoms with Gasteiger partial charge in [-0.25, -0.2) is 9.59 Å². The standard InChI is InChI=1S/C25H28N4O4S/c1-25(2,3)33-24(32)29-20(15-34-22(29)16-9-8-12-26-13-16)21(30)18-14-28(23(31)27(4)5)19-11-7-6-10-17(18)19/h6-14,20,22H,15H2,1-5H3/t20-,22?/m0/s1. The Morgan fingerprint density at radius 1 is 1.12 bits per heavy atom. The van der Waals surface area contributed by atoms with Crippen molar-refractivity contribution in [3.8, 4) is 0 Å². The Morgan fingerprint density at radius 2 is 1.85 bits per heavy atom. The summed E-state index contributed by atoms with van der Waals surface area (Å²) in [7, 11) is 3.32. The molecule has 2 atom stereocenters. The van der Waals surface area contributed by atoms with Gasteiger partial charge in [-0.3, -0.25) is 19.2 Å². The van der Waals surface area contributed by atoms with Crippen LogP contribution in [-0.2, 0) is 4.74 Å². The van der Waals surface area contributed by atoms with Crippen molar-refractivity contribution in [1.82, 2.24) is 19.4 Å². The van der Waals surface area contributed by atoms with E-state index in [9.17, 15) is 14.4 Å². The van der Waals surface area contributed by atoms with Crippen molar-refractivity contribution in [2.24, 2.45) is 0 Å². The van der Waals surface area contributed by atoms with Crippen molar-refractivity contribution in [2.75, 3.05) is 19.8 Å². The van der Waals surface area contributed by atoms with Crippen LogP contribution in [0.2, 0.25) is 0 Å². The quantitative estimate of drug-likeness (QED) is 0.501. The molecular formula is C25H28N4O4S. The van der Waals surface area contributed by atoms with E-state index in [0.717, 1.165) is 5.56 Å². The van der Waals surface area contributed by atoms with Crippen molar-refractivity contribution < 1.29 is 19.1 Å². The first kappa shape index (κ1) is 23.8. The number of carbonyl (C=O) groups is 3. The molecule has 2 aromatic heterocycles. The minimum absolute atomic E-state index is 0.230. The van der Waals surface area contributed by atoms with Crippen molar-refractivity contribution in [1.29, 1.82) is 0 Å². The lowest BCUT2D eigenvalue weighted by atomic mass is 10.0. The molecule has 9 heteroatoms. The highest BCUT2D eigenvalue weighted by Gasteiger charge is 2.45. The Labute approximate surface area is 202 Å². The van der Waals surface area contributed by atoms with Gasteiger partial charge in [0.1, 0.15) is 17.0 Å². The zero-order chi connectivity index (χ0) is 24.6. The highest BCUT2D eigenvalue weighted by Crippen LogP contribution is 2.43. The molecule has 0 spiro atoms. The number of Topliss-reactive ketones (excluding diaryl/α,β-unsaturated/α-hetero) is 1. The lowest BCUT2D eigenvalue weighted by Crippen LogP contribution is -2.45. The lowest BCUT2D eigenvalue weighted by molar-refractivity contribution is 0.0173. The molecule has 1 fully saturated rings. The van der Waals surface area contributed by atoms with Gasteiger partial charge < -0.3 is 9.64 Å². The minimum Gasteiger partial charge on any atom is -0.444 e. The van der Waals surface area contributed by atoms with E-state index < -0.39 is 23.1 Å². The van der Waals surface area contributed by atoms with Crippen molar-refractivity contribution in [2.45, 2.75) is 37.8 Å². The van der Waals surface area contributed by atoms with Crippen molar-refractivity contribution >= 4 is 40.6 Å². The fourth-order valence-electron chi connectivity index (χ4n) is 3.95. The fourth-order valence-corrected chi connectivity index (χ4v) is 5.36. The van der Waals surface area contributed by atoms with E-state index in [1.165, 1.54) is 26.1 Å². The summed E-state index contributed by atoms with van der Waals surface area (Å²) in [6.45, 7) is 5.39. The Bertz CT molecular complexity index is 1230. The Morgan fingerprint density at radius 3 is 2.50 bits per heavy atom. The molecule has 1 aliphatic rings. The Hall–Kier alpha value is -3.33. The molecule has 0 bridgehead atoms. The number of thioether (sulfide) groups is 1. The molecule has 1 aliphatic heterocycles. The van der Waals surface area contributed by atoms with Crippen LogP contribution in [0, 0.1) is 0 Å². The fraction of sp³-hybridized carbons (Fsp3) is 0.360. The van der Waals surface area contributed by atoms with Crippen LogP contribution >= 0.6 is 11.8 Å². The number of carbonyl (C=O) groups excluding carboxylic acids is 3. The highest BCUT2D eigenvalue weighted by atomic mass is 32.2. The normalized spacial score (nSPS) is 18.2. The summed E-state index contributed by atoms with van der Waals surface area (Å²) in [6.07, 6.45) is 4.38. The Kier molecular flexibility index (Phi) is 6.40. The number of ketones is 1. The van der Waals surface area contributed by atoms with E-state index in [4.69, 9.17) is 4.74 Å². The molecule has 2 amide bonds. The number of amides is 2. The maximum absolute atomic E-state index is 13.9. The Balaban J connectivity index is 1.77. The van der Waals surface area contributed by atoms with Crippen LogP contribution in [0.15, 0.2) is 55.0 Å². The first-order valence-electron chi connectivity index (χ1n) is 11.0. The molecule has 3 heterocycles. The van der Waals surface area contributed by atoms with Gasteiger partial charge in [-0.15, -0.1) is 11.8 Å². The highest BCUT2D eigenvalue weighted by molar-refractivity contribution is 7.99. The molecule has 1 aromatic carbocycles. The van der Waals surface area contributed by atoms with E-state index in [2.05, 4.69) is 4.98 Å². The topological polar surface area (TPSA) is 84.7 Å². The number of pyridine rings is 1. The van der Waals surface area contributed by atoms with Crippen LogP contribution in [0.3, 0.4) is 0 Å². The lowest BCUT2D eigenvalue weighted by Gasteiger charge is -2.31. The molecule has 1 saturated heterocycles. The predicted molar refractivity (Wildman–Crippen MR) is 132 cm³/mol. The smallest absolute Gasteiger partial charge is 0.412 e. The molecule has 0 aliphatic carbocycles. The van der Waals surface area contributed by atoms with Crippen LogP contribution in [0.1, 0.15) is 42.1 Å². The average Bonchev–Trinajstić information content (AvgIpc) is 3.40. The molecule has 178 valence electrons. The number of hydrogen-bond donors (Lipinski definition) is 0. The van der Waals surface area contributed by atoms with E-state index in [1.807, 2.05) is 24.3 Å². The SMILES string of the molecule is CN(C)C(=O)n1cc(C(=O)[C@@H]2CSC(c3cccnc3)N2C(=O)OC(C)(C)C)c2ccccc21. The molecule has 3 aromatic rings. The average molecular weight is 481 g/mol. The number of fused-ring (bicyclic) bond motifs is 1. The third-order valence-electron chi connectivity index (χ3n) is 5.44. The molecule has 34 heavy (non-hydrogen) atoms. The summed E-state index contributed by atoms with van der Waals surface area (Å²) in [5.74, 6) is 0.171. The number of nitrogens with zero attached hydrogens (tertiary/aromatic N) is 4. The van der Waals surface area contributed by atoms with Gasteiger partial charge >= 0.3 is 12.1 Å². The summed E-state index contributed by atoms with van der Waals surface area (Å²) < 4.78 is 7.16. The molecule has 8 nitrogen and oxygen atoms in total. The summed E-state index contributed by atoms with van der Waals surface area (Å²) in [5.41, 5.74) is 1.14. The van der Waals surface area contributed by atoms with Gasteiger partial charge in [0.05, 0.1) is 5.52 Å². The zero-order valence-electron chi connectivity index (χ0n) is 19.9. The molecule has 0 saturated carbocycles. The van der Waals surface area contributed by atoms with Gasteiger partial charge in [0.2, 0.25) is 0 Å². The van der Waals surface area contributed by atoms with Crippen LogP contribution in [0.5, 0.6) is 0 Å². The van der Waals surface area contributed by atoms with Gasteiger partial charge in [0, 0.05) is 55.0 Å². The van der Waals surface area contributed by atoms with E-state index >= 15 is 0 Å². The minimum atomic E-state index is -0.751. The first-order chi connectivity index (χ1) is 16.1.